The summed E-state index contributed by atoms with van der Waals surface area (Å²) < 4.78 is 1.47. The SMILES string of the molecule is Cc1cccc2c(=O)n(CCC(=O)NC(C)CCCO)cnc12. The molecule has 0 aliphatic carbocycles. The van der Waals surface area contributed by atoms with Crippen LogP contribution >= 0.6 is 0 Å². The summed E-state index contributed by atoms with van der Waals surface area (Å²) in [5, 5.41) is 12.2. The normalized spacial score (nSPS) is 12.3. The summed E-state index contributed by atoms with van der Waals surface area (Å²) in [6.45, 7) is 4.24. The monoisotopic (exact) mass is 317 g/mol. The Bertz CT molecular complexity index is 739. The summed E-state index contributed by atoms with van der Waals surface area (Å²) in [6, 6.07) is 5.52. The second kappa shape index (κ2) is 7.87. The van der Waals surface area contributed by atoms with Crippen molar-refractivity contribution in [1.29, 1.82) is 0 Å². The van der Waals surface area contributed by atoms with Gasteiger partial charge >= 0.3 is 0 Å². The van der Waals surface area contributed by atoms with E-state index in [2.05, 4.69) is 10.3 Å². The van der Waals surface area contributed by atoms with E-state index in [4.69, 9.17) is 5.11 Å². The highest BCUT2D eigenvalue weighted by atomic mass is 16.3. The van der Waals surface area contributed by atoms with Crippen molar-refractivity contribution < 1.29 is 9.90 Å². The molecule has 1 heterocycles. The van der Waals surface area contributed by atoms with E-state index in [-0.39, 0.29) is 30.5 Å². The van der Waals surface area contributed by atoms with Gasteiger partial charge in [0, 0.05) is 25.6 Å². The molecule has 0 spiro atoms. The number of hydrogen-bond acceptors (Lipinski definition) is 4. The fourth-order valence-electron chi connectivity index (χ4n) is 2.54. The summed E-state index contributed by atoms with van der Waals surface area (Å²) in [4.78, 5) is 28.7. The maximum atomic E-state index is 12.4. The third kappa shape index (κ3) is 4.39. The molecule has 6 heteroatoms. The molecule has 0 aliphatic heterocycles. The van der Waals surface area contributed by atoms with Crippen LogP contribution in [0.5, 0.6) is 0 Å². The number of benzene rings is 1. The average Bonchev–Trinajstić information content (AvgIpc) is 2.53. The van der Waals surface area contributed by atoms with Crippen LogP contribution in [-0.2, 0) is 11.3 Å². The van der Waals surface area contributed by atoms with E-state index in [9.17, 15) is 9.59 Å². The largest absolute Gasteiger partial charge is 0.396 e. The first-order chi connectivity index (χ1) is 11.0. The van der Waals surface area contributed by atoms with Crippen molar-refractivity contribution in [3.8, 4) is 0 Å². The van der Waals surface area contributed by atoms with Crippen molar-refractivity contribution in [3.05, 3.63) is 40.4 Å². The lowest BCUT2D eigenvalue weighted by atomic mass is 10.1. The molecule has 1 aromatic heterocycles. The van der Waals surface area contributed by atoms with Crippen LogP contribution in [0.3, 0.4) is 0 Å². The minimum atomic E-state index is -0.125. The van der Waals surface area contributed by atoms with E-state index in [0.717, 1.165) is 12.0 Å². The van der Waals surface area contributed by atoms with Gasteiger partial charge in [-0.1, -0.05) is 12.1 Å². The second-order valence-electron chi connectivity index (χ2n) is 5.80. The van der Waals surface area contributed by atoms with Crippen LogP contribution in [0.2, 0.25) is 0 Å². The maximum absolute atomic E-state index is 12.4. The Morgan fingerprint density at radius 2 is 2.22 bits per heavy atom. The molecule has 0 bridgehead atoms. The van der Waals surface area contributed by atoms with Crippen molar-refractivity contribution >= 4 is 16.8 Å². The van der Waals surface area contributed by atoms with Gasteiger partial charge in [-0.3, -0.25) is 14.2 Å². The van der Waals surface area contributed by atoms with Crippen molar-refractivity contribution in [2.75, 3.05) is 6.61 Å². The maximum Gasteiger partial charge on any atom is 0.261 e. The molecule has 6 nitrogen and oxygen atoms in total. The van der Waals surface area contributed by atoms with Crippen LogP contribution in [0.4, 0.5) is 0 Å². The fourth-order valence-corrected chi connectivity index (χ4v) is 2.54. The van der Waals surface area contributed by atoms with E-state index in [1.807, 2.05) is 26.0 Å². The lowest BCUT2D eigenvalue weighted by molar-refractivity contribution is -0.122. The third-order valence-electron chi connectivity index (χ3n) is 3.84. The molecule has 0 saturated carbocycles. The van der Waals surface area contributed by atoms with Gasteiger partial charge in [0.05, 0.1) is 17.2 Å². The first kappa shape index (κ1) is 17.1. The van der Waals surface area contributed by atoms with Gasteiger partial charge in [0.2, 0.25) is 5.91 Å². The van der Waals surface area contributed by atoms with E-state index in [1.54, 1.807) is 6.07 Å². The quantitative estimate of drug-likeness (QED) is 0.808. The van der Waals surface area contributed by atoms with E-state index in [1.165, 1.54) is 10.9 Å². The van der Waals surface area contributed by atoms with Crippen LogP contribution in [0.25, 0.3) is 10.9 Å². The Morgan fingerprint density at radius 1 is 1.43 bits per heavy atom. The van der Waals surface area contributed by atoms with Crippen molar-refractivity contribution in [1.82, 2.24) is 14.9 Å². The number of aliphatic hydroxyl groups excluding tert-OH is 1. The third-order valence-corrected chi connectivity index (χ3v) is 3.84. The van der Waals surface area contributed by atoms with Gasteiger partial charge in [-0.25, -0.2) is 4.98 Å². The number of carbonyl (C=O) groups excluding carboxylic acids is 1. The standard InChI is InChI=1S/C17H23N3O3/c1-12-5-3-7-14-16(12)18-11-20(17(14)23)9-8-15(22)19-13(2)6-4-10-21/h3,5,7,11,13,21H,4,6,8-10H2,1-2H3,(H,19,22). The van der Waals surface area contributed by atoms with E-state index in [0.29, 0.717) is 23.9 Å². The molecule has 2 aromatic rings. The molecular weight excluding hydrogens is 294 g/mol. The molecule has 1 atom stereocenters. The smallest absolute Gasteiger partial charge is 0.261 e. The number of aromatic nitrogens is 2. The summed E-state index contributed by atoms with van der Waals surface area (Å²) >= 11 is 0. The number of aryl methyl sites for hydroxylation is 2. The number of nitrogens with one attached hydrogen (secondary N) is 1. The first-order valence-corrected chi connectivity index (χ1v) is 7.88. The van der Waals surface area contributed by atoms with E-state index >= 15 is 0 Å². The Labute approximate surface area is 135 Å². The van der Waals surface area contributed by atoms with Crippen LogP contribution in [0, 0.1) is 6.92 Å². The highest BCUT2D eigenvalue weighted by molar-refractivity contribution is 5.80. The zero-order valence-corrected chi connectivity index (χ0v) is 13.6. The number of aliphatic hydroxyl groups is 1. The number of fused-ring (bicyclic) bond motifs is 1. The fraction of sp³-hybridized carbons (Fsp3) is 0.471. The highest BCUT2D eigenvalue weighted by Gasteiger charge is 2.09. The Hall–Kier alpha value is -2.21. The Balaban J connectivity index is 2.01. The summed E-state index contributed by atoms with van der Waals surface area (Å²) in [5.41, 5.74) is 1.54. The van der Waals surface area contributed by atoms with Gasteiger partial charge in [0.25, 0.3) is 5.56 Å². The summed E-state index contributed by atoms with van der Waals surface area (Å²) in [7, 11) is 0. The molecule has 0 aliphatic rings. The minimum Gasteiger partial charge on any atom is -0.396 e. The lowest BCUT2D eigenvalue weighted by Crippen LogP contribution is -2.34. The molecule has 1 unspecified atom stereocenters. The Kier molecular flexibility index (Phi) is 5.87. The topological polar surface area (TPSA) is 84.2 Å². The number of carbonyl (C=O) groups is 1. The number of amides is 1. The molecule has 0 fully saturated rings. The first-order valence-electron chi connectivity index (χ1n) is 7.88. The van der Waals surface area contributed by atoms with Gasteiger partial charge in [0.1, 0.15) is 0 Å². The van der Waals surface area contributed by atoms with Crippen LogP contribution in [-0.4, -0.2) is 33.2 Å². The van der Waals surface area contributed by atoms with Gasteiger partial charge in [0.15, 0.2) is 0 Å². The second-order valence-corrected chi connectivity index (χ2v) is 5.80. The Morgan fingerprint density at radius 3 is 2.96 bits per heavy atom. The van der Waals surface area contributed by atoms with Gasteiger partial charge < -0.3 is 10.4 Å². The van der Waals surface area contributed by atoms with Crippen LogP contribution < -0.4 is 10.9 Å². The molecule has 2 N–H and O–H groups in total. The molecular formula is C17H23N3O3. The van der Waals surface area contributed by atoms with Crippen LogP contribution in [0.15, 0.2) is 29.3 Å². The zero-order valence-electron chi connectivity index (χ0n) is 13.6. The van der Waals surface area contributed by atoms with Crippen LogP contribution in [0.1, 0.15) is 31.7 Å². The van der Waals surface area contributed by atoms with Gasteiger partial charge in [-0.05, 0) is 38.3 Å². The zero-order chi connectivity index (χ0) is 16.8. The molecule has 23 heavy (non-hydrogen) atoms. The number of para-hydroxylation sites is 1. The van der Waals surface area contributed by atoms with E-state index < -0.39 is 0 Å². The molecule has 124 valence electrons. The predicted molar refractivity (Wildman–Crippen MR) is 89.3 cm³/mol. The minimum absolute atomic E-state index is 0.0174. The molecule has 2 rings (SSSR count). The average molecular weight is 317 g/mol. The molecule has 0 radical (unpaired) electrons. The van der Waals surface area contributed by atoms with Crippen molar-refractivity contribution in [3.63, 3.8) is 0 Å². The van der Waals surface area contributed by atoms with Gasteiger partial charge in [-0.2, -0.15) is 0 Å². The predicted octanol–water partition coefficient (Wildman–Crippen LogP) is 1.37. The number of hydrogen-bond donors (Lipinski definition) is 2. The van der Waals surface area contributed by atoms with Crippen molar-refractivity contribution in [2.45, 2.75) is 45.7 Å². The van der Waals surface area contributed by atoms with Crippen molar-refractivity contribution in [2.24, 2.45) is 0 Å². The van der Waals surface area contributed by atoms with Gasteiger partial charge in [-0.15, -0.1) is 0 Å². The summed E-state index contributed by atoms with van der Waals surface area (Å²) in [5.74, 6) is -0.105. The summed E-state index contributed by atoms with van der Waals surface area (Å²) in [6.07, 6.45) is 3.12. The highest BCUT2D eigenvalue weighted by Crippen LogP contribution is 2.11. The lowest BCUT2D eigenvalue weighted by Gasteiger charge is -2.13. The number of rotatable bonds is 7. The number of nitrogens with zero attached hydrogens (tertiary/aromatic N) is 2. The molecule has 1 amide bonds. The molecule has 0 saturated heterocycles. The molecule has 1 aromatic carbocycles.